The van der Waals surface area contributed by atoms with Crippen LogP contribution in [0.2, 0.25) is 0 Å². The Kier molecular flexibility index (Phi) is 8.43. The van der Waals surface area contributed by atoms with E-state index in [2.05, 4.69) is 27.9 Å². The maximum Gasteiger partial charge on any atom is 0.367 e. The minimum absolute atomic E-state index is 0.00661. The van der Waals surface area contributed by atoms with E-state index < -0.39 is 50.8 Å². The number of carbonyl (C=O) groups excluding carboxylic acids is 2. The molecule has 16 heteroatoms. The van der Waals surface area contributed by atoms with Crippen LogP contribution in [0.4, 0.5) is 8.78 Å². The summed E-state index contributed by atoms with van der Waals surface area (Å²) >= 11 is 7.92. The number of alkyl halides is 2. The number of carboxylic acids is 1. The van der Waals surface area contributed by atoms with Crippen LogP contribution < -0.4 is 5.32 Å². The van der Waals surface area contributed by atoms with Crippen LogP contribution in [0.3, 0.4) is 0 Å². The van der Waals surface area contributed by atoms with Gasteiger partial charge < -0.3 is 19.7 Å². The van der Waals surface area contributed by atoms with Crippen molar-refractivity contribution >= 4 is 118 Å². The molecule has 4 bridgehead atoms. The first kappa shape index (κ1) is 30.3. The molecule has 0 aliphatic heterocycles. The standard InChI is InChI=1S/C21H19F2I4NO8S/c22-21(23,37(33,34)35)7-36-18(32)19-2-8-1-9(3-19)5-20(4-8,6-19)28-16(29)10-11(17(30)31)13(25)15(27)14(26)12(10)24/h8-9H,1-7H2,(H,28,29)(H,30,31)(H,33,34,35)/p-1. The average molecular weight is 990 g/mol. The number of rotatable bonds is 7. The first-order valence-electron chi connectivity index (χ1n) is 10.8. The van der Waals surface area contributed by atoms with E-state index in [4.69, 9.17) is 4.74 Å². The van der Waals surface area contributed by atoms with Gasteiger partial charge in [0.15, 0.2) is 16.7 Å². The molecule has 37 heavy (non-hydrogen) atoms. The molecule has 4 fully saturated rings. The van der Waals surface area contributed by atoms with Gasteiger partial charge in [-0.1, -0.05) is 0 Å². The summed E-state index contributed by atoms with van der Waals surface area (Å²) in [6.07, 6.45) is 2.62. The fourth-order valence-electron chi connectivity index (χ4n) is 6.37. The molecule has 0 spiro atoms. The number of esters is 1. The third kappa shape index (κ3) is 5.48. The highest BCUT2D eigenvalue weighted by molar-refractivity contribution is 14.1. The summed E-state index contributed by atoms with van der Waals surface area (Å²) in [6, 6.07) is 0. The van der Waals surface area contributed by atoms with Crippen LogP contribution in [0, 0.1) is 31.5 Å². The van der Waals surface area contributed by atoms with Crippen molar-refractivity contribution < 1.29 is 46.0 Å². The van der Waals surface area contributed by atoms with Crippen molar-refractivity contribution in [3.63, 3.8) is 0 Å². The second kappa shape index (κ2) is 10.3. The number of amides is 1. The van der Waals surface area contributed by atoms with Gasteiger partial charge in [0.2, 0.25) is 0 Å². The molecule has 2 atom stereocenters. The number of carboxylic acid groups (broad SMARTS) is 1. The number of hydrogen-bond acceptors (Lipinski definition) is 7. The second-order valence-electron chi connectivity index (χ2n) is 9.95. The minimum Gasteiger partial charge on any atom is -0.743 e. The number of halogens is 6. The van der Waals surface area contributed by atoms with E-state index >= 15 is 0 Å². The summed E-state index contributed by atoms with van der Waals surface area (Å²) in [5.74, 6) is -2.87. The first-order valence-corrected chi connectivity index (χ1v) is 16.6. The number of benzene rings is 1. The predicted molar refractivity (Wildman–Crippen MR) is 157 cm³/mol. The van der Waals surface area contributed by atoms with Crippen LogP contribution in [-0.4, -0.2) is 53.3 Å². The molecule has 4 aliphatic rings. The van der Waals surface area contributed by atoms with Gasteiger partial charge in [0.1, 0.15) is 0 Å². The zero-order valence-electron chi connectivity index (χ0n) is 18.6. The Morgan fingerprint density at radius 1 is 1.00 bits per heavy atom. The number of hydrogen-bond donors (Lipinski definition) is 2. The first-order chi connectivity index (χ1) is 16.9. The number of aromatic carboxylic acids is 1. The number of nitrogens with one attached hydrogen (secondary N) is 1. The SMILES string of the molecule is O=C(O)c1c(I)c(I)c(I)c(I)c1C(=O)NC12CC3CC(C1)CC(C(=O)OCC(F)(F)S(=O)(=O)[O-])(C3)C2. The molecule has 5 rings (SSSR count). The summed E-state index contributed by atoms with van der Waals surface area (Å²) in [5.41, 5.74) is -2.19. The quantitative estimate of drug-likeness (QED) is 0.133. The van der Waals surface area contributed by atoms with Crippen LogP contribution in [0.25, 0.3) is 0 Å². The molecule has 1 aromatic carbocycles. The van der Waals surface area contributed by atoms with E-state index in [1.54, 1.807) is 0 Å². The molecule has 4 aliphatic carbocycles. The Bertz CT molecular complexity index is 1310. The molecule has 2 N–H and O–H groups in total. The summed E-state index contributed by atoms with van der Waals surface area (Å²) < 4.78 is 66.8. The fraction of sp³-hybridized carbons (Fsp3) is 0.571. The Morgan fingerprint density at radius 3 is 2.00 bits per heavy atom. The lowest BCUT2D eigenvalue weighted by molar-refractivity contribution is -0.179. The Morgan fingerprint density at radius 2 is 1.51 bits per heavy atom. The lowest BCUT2D eigenvalue weighted by atomic mass is 9.47. The monoisotopic (exact) mass is 990 g/mol. The van der Waals surface area contributed by atoms with Gasteiger partial charge in [0.25, 0.3) is 5.91 Å². The summed E-state index contributed by atoms with van der Waals surface area (Å²) in [4.78, 5) is 38.8. The fourth-order valence-corrected chi connectivity index (χ4v) is 10.2. The molecule has 0 saturated heterocycles. The summed E-state index contributed by atoms with van der Waals surface area (Å²) in [5, 5.41) is 8.14. The average Bonchev–Trinajstić information content (AvgIpc) is 2.75. The normalized spacial score (nSPS) is 28.7. The third-order valence-electron chi connectivity index (χ3n) is 7.32. The van der Waals surface area contributed by atoms with Crippen LogP contribution in [0.15, 0.2) is 0 Å². The Hall–Kier alpha value is 0.320. The molecule has 0 radical (unpaired) electrons. The van der Waals surface area contributed by atoms with Crippen LogP contribution in [0.1, 0.15) is 59.2 Å². The van der Waals surface area contributed by atoms with Crippen molar-refractivity contribution in [3.05, 3.63) is 25.4 Å². The van der Waals surface area contributed by atoms with E-state index in [9.17, 15) is 41.2 Å². The maximum atomic E-state index is 13.6. The van der Waals surface area contributed by atoms with Crippen molar-refractivity contribution in [2.24, 2.45) is 17.3 Å². The molecule has 2 unspecified atom stereocenters. The molecular weight excluding hydrogens is 972 g/mol. The van der Waals surface area contributed by atoms with Gasteiger partial charge in [0, 0.05) is 19.8 Å². The van der Waals surface area contributed by atoms with Crippen molar-refractivity contribution in [2.45, 2.75) is 49.3 Å². The maximum absolute atomic E-state index is 13.6. The Balaban J connectivity index is 1.64. The van der Waals surface area contributed by atoms with E-state index in [0.29, 0.717) is 36.4 Å². The van der Waals surface area contributed by atoms with Gasteiger partial charge >= 0.3 is 17.2 Å². The molecule has 1 aromatic rings. The number of ether oxygens (including phenoxy) is 1. The van der Waals surface area contributed by atoms with Crippen molar-refractivity contribution in [3.8, 4) is 0 Å². The van der Waals surface area contributed by atoms with Crippen LogP contribution in [0.5, 0.6) is 0 Å². The molecule has 0 aromatic heterocycles. The van der Waals surface area contributed by atoms with Crippen LogP contribution in [-0.2, 0) is 19.6 Å². The highest BCUT2D eigenvalue weighted by Gasteiger charge is 2.62. The molecule has 9 nitrogen and oxygen atoms in total. The van der Waals surface area contributed by atoms with Crippen molar-refractivity contribution in [1.82, 2.24) is 5.32 Å². The number of carbonyl (C=O) groups is 3. The van der Waals surface area contributed by atoms with Gasteiger partial charge in [-0.3, -0.25) is 9.59 Å². The predicted octanol–water partition coefficient (Wildman–Crippen LogP) is 4.55. The van der Waals surface area contributed by atoms with Gasteiger partial charge in [-0.15, -0.1) is 0 Å². The second-order valence-corrected chi connectivity index (χ2v) is 15.8. The summed E-state index contributed by atoms with van der Waals surface area (Å²) in [7, 11) is -6.01. The molecule has 1 amide bonds. The Labute approximate surface area is 265 Å². The van der Waals surface area contributed by atoms with Crippen LogP contribution >= 0.6 is 90.4 Å². The van der Waals surface area contributed by atoms with Crippen molar-refractivity contribution in [1.29, 1.82) is 0 Å². The lowest BCUT2D eigenvalue weighted by Gasteiger charge is -2.60. The molecule has 4 saturated carbocycles. The highest BCUT2D eigenvalue weighted by Crippen LogP contribution is 2.62. The topological polar surface area (TPSA) is 150 Å². The van der Waals surface area contributed by atoms with Gasteiger partial charge in [-0.05, 0) is 141 Å². The molecule has 0 heterocycles. The van der Waals surface area contributed by atoms with E-state index in [0.717, 1.165) is 9.99 Å². The van der Waals surface area contributed by atoms with E-state index in [1.807, 2.05) is 67.8 Å². The van der Waals surface area contributed by atoms with Crippen molar-refractivity contribution in [2.75, 3.05) is 6.61 Å². The third-order valence-corrected chi connectivity index (χ3v) is 15.6. The van der Waals surface area contributed by atoms with Gasteiger partial charge in [0.05, 0.1) is 16.5 Å². The van der Waals surface area contributed by atoms with Gasteiger partial charge in [-0.25, -0.2) is 13.2 Å². The highest BCUT2D eigenvalue weighted by atomic mass is 127. The molecule has 204 valence electrons. The van der Waals surface area contributed by atoms with Gasteiger partial charge in [-0.2, -0.15) is 8.78 Å². The largest absolute Gasteiger partial charge is 0.743 e. The van der Waals surface area contributed by atoms with E-state index in [1.165, 1.54) is 0 Å². The minimum atomic E-state index is -6.01. The van der Waals surface area contributed by atoms with E-state index in [-0.39, 0.29) is 29.4 Å². The zero-order chi connectivity index (χ0) is 27.7. The lowest BCUT2D eigenvalue weighted by Crippen LogP contribution is -2.65. The zero-order valence-corrected chi connectivity index (χ0v) is 28.0. The smallest absolute Gasteiger partial charge is 0.367 e. The summed E-state index contributed by atoms with van der Waals surface area (Å²) in [6.45, 7) is -1.87. The molecular formula is C21H18F2I4NO8S-.